The molecule has 6 heteroatoms. The summed E-state index contributed by atoms with van der Waals surface area (Å²) in [5, 5.41) is 4.13. The van der Waals surface area contributed by atoms with Gasteiger partial charge in [0.2, 0.25) is 0 Å². The Morgan fingerprint density at radius 2 is 2.13 bits per heavy atom. The lowest BCUT2D eigenvalue weighted by molar-refractivity contribution is -0.130. The Kier molecular flexibility index (Phi) is 4.71. The monoisotopic (exact) mass is 330 g/mol. The van der Waals surface area contributed by atoms with E-state index in [1.165, 1.54) is 23.3 Å². The van der Waals surface area contributed by atoms with Crippen LogP contribution in [-0.2, 0) is 9.59 Å². The Morgan fingerprint density at radius 1 is 1.26 bits per heavy atom. The lowest BCUT2D eigenvalue weighted by atomic mass is 9.97. The van der Waals surface area contributed by atoms with Gasteiger partial charge < -0.3 is 0 Å². The molecule has 3 rings (SSSR count). The van der Waals surface area contributed by atoms with Crippen LogP contribution in [0.1, 0.15) is 37.0 Å². The third-order valence-corrected chi connectivity index (χ3v) is 4.88. The molecule has 2 aliphatic rings. The highest BCUT2D eigenvalue weighted by molar-refractivity contribution is 7.10. The van der Waals surface area contributed by atoms with Gasteiger partial charge in [0.15, 0.2) is 0 Å². The second-order valence-corrected chi connectivity index (χ2v) is 6.63. The molecular weight excluding hydrogens is 312 g/mol. The van der Waals surface area contributed by atoms with Crippen LogP contribution < -0.4 is 5.32 Å². The quantitative estimate of drug-likeness (QED) is 0.524. The molecule has 0 unspecified atom stereocenters. The molecule has 120 valence electrons. The van der Waals surface area contributed by atoms with Crippen LogP contribution in [0, 0.1) is 0 Å². The van der Waals surface area contributed by atoms with Crippen LogP contribution in [0.15, 0.2) is 34.7 Å². The van der Waals surface area contributed by atoms with E-state index in [2.05, 4.69) is 11.4 Å². The minimum Gasteiger partial charge on any atom is -0.273 e. The van der Waals surface area contributed by atoms with Crippen molar-refractivity contribution < 1.29 is 14.4 Å². The van der Waals surface area contributed by atoms with Gasteiger partial charge in [-0.1, -0.05) is 17.7 Å². The summed E-state index contributed by atoms with van der Waals surface area (Å²) in [7, 11) is 0. The first-order valence-corrected chi connectivity index (χ1v) is 8.63. The van der Waals surface area contributed by atoms with Gasteiger partial charge >= 0.3 is 6.03 Å². The van der Waals surface area contributed by atoms with Crippen molar-refractivity contribution in [1.82, 2.24) is 10.2 Å². The van der Waals surface area contributed by atoms with Gasteiger partial charge in [-0.15, -0.1) is 11.3 Å². The highest BCUT2D eigenvalue weighted by Gasteiger charge is 2.35. The number of allylic oxidation sites excluding steroid dienone is 1. The molecule has 1 saturated heterocycles. The minimum absolute atomic E-state index is 0.0182. The predicted octanol–water partition coefficient (Wildman–Crippen LogP) is 3.10. The molecule has 0 radical (unpaired) electrons. The van der Waals surface area contributed by atoms with Crippen LogP contribution in [0.4, 0.5) is 4.79 Å². The number of barbiturate groups is 1. The maximum absolute atomic E-state index is 12.5. The number of carbonyl (C=O) groups is 3. The second kappa shape index (κ2) is 6.91. The average molecular weight is 330 g/mol. The Bertz CT molecular complexity index is 689. The van der Waals surface area contributed by atoms with Crippen molar-refractivity contribution >= 4 is 35.3 Å². The summed E-state index contributed by atoms with van der Waals surface area (Å²) in [4.78, 5) is 38.4. The van der Waals surface area contributed by atoms with E-state index in [-0.39, 0.29) is 5.57 Å². The molecule has 1 fully saturated rings. The molecular formula is C17H18N2O3S. The number of nitrogens with one attached hydrogen (secondary N) is 1. The summed E-state index contributed by atoms with van der Waals surface area (Å²) >= 11 is 1.44. The number of thiophene rings is 1. The Labute approximate surface area is 138 Å². The van der Waals surface area contributed by atoms with Gasteiger partial charge in [0.05, 0.1) is 0 Å². The number of nitrogens with zero attached hydrogens (tertiary/aromatic N) is 1. The molecule has 1 aliphatic carbocycles. The van der Waals surface area contributed by atoms with Gasteiger partial charge in [0, 0.05) is 11.4 Å². The van der Waals surface area contributed by atoms with E-state index in [1.54, 1.807) is 6.08 Å². The number of hydrogen-bond acceptors (Lipinski definition) is 4. The Morgan fingerprint density at radius 3 is 2.83 bits per heavy atom. The fourth-order valence-corrected chi connectivity index (χ4v) is 3.46. The number of carbonyl (C=O) groups excluding carboxylic acids is 3. The van der Waals surface area contributed by atoms with Crippen molar-refractivity contribution in [2.24, 2.45) is 0 Å². The van der Waals surface area contributed by atoms with Gasteiger partial charge in [0.1, 0.15) is 5.57 Å². The lowest BCUT2D eigenvalue weighted by Gasteiger charge is -2.27. The molecule has 0 bridgehead atoms. The minimum atomic E-state index is -0.625. The summed E-state index contributed by atoms with van der Waals surface area (Å²) in [5.74, 6) is -1.13. The average Bonchev–Trinajstić information content (AvgIpc) is 3.05. The SMILES string of the molecule is O=C1NC(=O)N(CCC2=CCCCC2)C(=O)C1=Cc1cccs1. The zero-order valence-electron chi connectivity index (χ0n) is 12.7. The Balaban J connectivity index is 1.74. The topological polar surface area (TPSA) is 66.5 Å². The van der Waals surface area contributed by atoms with E-state index < -0.39 is 17.8 Å². The zero-order valence-corrected chi connectivity index (χ0v) is 13.5. The van der Waals surface area contributed by atoms with Crippen LogP contribution in [0.5, 0.6) is 0 Å². The number of amides is 4. The molecule has 4 amide bonds. The highest BCUT2D eigenvalue weighted by atomic mass is 32.1. The molecule has 0 atom stereocenters. The molecule has 5 nitrogen and oxygen atoms in total. The fraction of sp³-hybridized carbons (Fsp3) is 0.353. The van der Waals surface area contributed by atoms with Crippen LogP contribution >= 0.6 is 11.3 Å². The number of imide groups is 2. The van der Waals surface area contributed by atoms with Crippen LogP contribution in [0.2, 0.25) is 0 Å². The predicted molar refractivity (Wildman–Crippen MR) is 88.7 cm³/mol. The smallest absolute Gasteiger partial charge is 0.273 e. The van der Waals surface area contributed by atoms with Crippen molar-refractivity contribution in [3.05, 3.63) is 39.6 Å². The Hall–Kier alpha value is -2.21. The first-order valence-electron chi connectivity index (χ1n) is 7.75. The molecule has 0 aromatic carbocycles. The van der Waals surface area contributed by atoms with Gasteiger partial charge in [0.25, 0.3) is 11.8 Å². The summed E-state index contributed by atoms with van der Waals surface area (Å²) in [6.45, 7) is 0.311. The van der Waals surface area contributed by atoms with Crippen molar-refractivity contribution in [3.8, 4) is 0 Å². The summed E-state index contributed by atoms with van der Waals surface area (Å²) in [6, 6.07) is 3.05. The van der Waals surface area contributed by atoms with E-state index in [0.29, 0.717) is 13.0 Å². The van der Waals surface area contributed by atoms with E-state index in [0.717, 1.165) is 29.0 Å². The molecule has 1 aromatic rings. The number of rotatable bonds is 4. The standard InChI is InChI=1S/C17H18N2O3S/c20-15-14(11-13-7-4-10-23-13)16(21)19(17(22)18-15)9-8-12-5-2-1-3-6-12/h4-5,7,10-11H,1-3,6,8-9H2,(H,18,20,22). The fourth-order valence-electron chi connectivity index (χ4n) is 2.80. The summed E-state index contributed by atoms with van der Waals surface area (Å²) in [6.07, 6.45) is 8.88. The maximum Gasteiger partial charge on any atom is 0.331 e. The first kappa shape index (κ1) is 15.7. The van der Waals surface area contributed by atoms with Gasteiger partial charge in [-0.25, -0.2) is 4.79 Å². The lowest BCUT2D eigenvalue weighted by Crippen LogP contribution is -2.54. The molecule has 2 heterocycles. The molecule has 1 N–H and O–H groups in total. The third-order valence-electron chi connectivity index (χ3n) is 4.06. The molecule has 1 aromatic heterocycles. The van der Waals surface area contributed by atoms with Crippen molar-refractivity contribution in [2.45, 2.75) is 32.1 Å². The van der Waals surface area contributed by atoms with Gasteiger partial charge in [-0.05, 0) is 49.6 Å². The van der Waals surface area contributed by atoms with E-state index in [1.807, 2.05) is 17.5 Å². The number of urea groups is 1. The molecule has 0 saturated carbocycles. The largest absolute Gasteiger partial charge is 0.331 e. The van der Waals surface area contributed by atoms with Crippen molar-refractivity contribution in [2.75, 3.05) is 6.54 Å². The highest BCUT2D eigenvalue weighted by Crippen LogP contribution is 2.22. The molecule has 23 heavy (non-hydrogen) atoms. The normalized spacial score (nSPS) is 20.7. The molecule has 1 aliphatic heterocycles. The number of hydrogen-bond donors (Lipinski definition) is 1. The summed E-state index contributed by atoms with van der Waals surface area (Å²) in [5.41, 5.74) is 1.31. The van der Waals surface area contributed by atoms with E-state index in [9.17, 15) is 14.4 Å². The van der Waals surface area contributed by atoms with Crippen LogP contribution in [0.3, 0.4) is 0 Å². The maximum atomic E-state index is 12.5. The summed E-state index contributed by atoms with van der Waals surface area (Å²) < 4.78 is 0. The van der Waals surface area contributed by atoms with Crippen molar-refractivity contribution in [1.29, 1.82) is 0 Å². The zero-order chi connectivity index (χ0) is 16.2. The van der Waals surface area contributed by atoms with Gasteiger partial charge in [-0.3, -0.25) is 19.8 Å². The third kappa shape index (κ3) is 3.59. The van der Waals surface area contributed by atoms with Crippen LogP contribution in [0.25, 0.3) is 6.08 Å². The first-order chi connectivity index (χ1) is 11.1. The van der Waals surface area contributed by atoms with Crippen LogP contribution in [-0.4, -0.2) is 29.3 Å². The van der Waals surface area contributed by atoms with E-state index in [4.69, 9.17) is 0 Å². The van der Waals surface area contributed by atoms with Gasteiger partial charge in [-0.2, -0.15) is 0 Å². The molecule has 0 spiro atoms. The van der Waals surface area contributed by atoms with Crippen molar-refractivity contribution in [3.63, 3.8) is 0 Å². The second-order valence-electron chi connectivity index (χ2n) is 5.65. The van der Waals surface area contributed by atoms with E-state index >= 15 is 0 Å².